The molecule has 1 aromatic carbocycles. The summed E-state index contributed by atoms with van der Waals surface area (Å²) < 4.78 is 0. The Morgan fingerprint density at radius 2 is 2.21 bits per heavy atom. The lowest BCUT2D eigenvalue weighted by atomic mass is 10.1. The third kappa shape index (κ3) is 4.34. The van der Waals surface area contributed by atoms with Crippen LogP contribution in [-0.4, -0.2) is 30.8 Å². The van der Waals surface area contributed by atoms with E-state index in [0.29, 0.717) is 18.1 Å². The lowest BCUT2D eigenvalue weighted by molar-refractivity contribution is -0.116. The van der Waals surface area contributed by atoms with E-state index in [2.05, 4.69) is 17.0 Å². The first-order valence-electron chi connectivity index (χ1n) is 5.74. The Morgan fingerprint density at radius 3 is 2.79 bits per heavy atom. The van der Waals surface area contributed by atoms with Gasteiger partial charge in [0.2, 0.25) is 5.91 Å². The van der Waals surface area contributed by atoms with Crippen molar-refractivity contribution in [2.75, 3.05) is 19.8 Å². The van der Waals surface area contributed by atoms with Gasteiger partial charge in [0.05, 0.1) is 0 Å². The quantitative estimate of drug-likeness (QED) is 0.233. The van der Waals surface area contributed by atoms with Gasteiger partial charge in [-0.15, -0.1) is 0 Å². The highest BCUT2D eigenvalue weighted by Gasteiger charge is 2.05. The van der Waals surface area contributed by atoms with Gasteiger partial charge in [-0.3, -0.25) is 4.79 Å². The largest absolute Gasteiger partial charge is 0.398 e. The predicted octanol–water partition coefficient (Wildman–Crippen LogP) is 0.253. The molecule has 1 amide bonds. The van der Waals surface area contributed by atoms with E-state index < -0.39 is 0 Å². The van der Waals surface area contributed by atoms with Crippen LogP contribution >= 0.6 is 0 Å². The van der Waals surface area contributed by atoms with Gasteiger partial charge in [-0.1, -0.05) is 6.58 Å². The second-order valence-electron chi connectivity index (χ2n) is 4.17. The van der Waals surface area contributed by atoms with E-state index in [0.717, 1.165) is 11.1 Å². The number of nitrogens with one attached hydrogen (secondary N) is 1. The van der Waals surface area contributed by atoms with Crippen LogP contribution in [0.25, 0.3) is 0 Å². The number of hydrogen-bond acceptors (Lipinski definition) is 4. The van der Waals surface area contributed by atoms with Crippen molar-refractivity contribution in [2.24, 2.45) is 10.8 Å². The molecule has 6 nitrogen and oxygen atoms in total. The molecule has 6 heteroatoms. The summed E-state index contributed by atoms with van der Waals surface area (Å²) >= 11 is 0. The van der Waals surface area contributed by atoms with Gasteiger partial charge in [0.15, 0.2) is 5.84 Å². The van der Waals surface area contributed by atoms with E-state index in [9.17, 15) is 4.79 Å². The maximum atomic E-state index is 11.1. The first-order chi connectivity index (χ1) is 8.93. The third-order valence-corrected chi connectivity index (χ3v) is 2.38. The van der Waals surface area contributed by atoms with Crippen molar-refractivity contribution in [3.05, 3.63) is 42.0 Å². The summed E-state index contributed by atoms with van der Waals surface area (Å²) in [5.41, 5.74) is 13.8. The molecule has 102 valence electrons. The molecule has 0 bridgehead atoms. The number of carbonyl (C=O) groups excluding carboxylic acids is 1. The summed E-state index contributed by atoms with van der Waals surface area (Å²) in [5, 5.41) is 8.40. The van der Waals surface area contributed by atoms with Crippen LogP contribution in [0.1, 0.15) is 11.1 Å². The zero-order valence-corrected chi connectivity index (χ0v) is 11.2. The van der Waals surface area contributed by atoms with Gasteiger partial charge in [-0.05, 0) is 29.8 Å². The first-order valence-corrected chi connectivity index (χ1v) is 5.74. The van der Waals surface area contributed by atoms with E-state index in [1.165, 1.54) is 6.08 Å². The average molecular weight is 261 g/mol. The van der Waals surface area contributed by atoms with Crippen LogP contribution in [0, 0.1) is 0 Å². The summed E-state index contributed by atoms with van der Waals surface area (Å²) in [6.07, 6.45) is 1.21. The van der Waals surface area contributed by atoms with Crippen molar-refractivity contribution >= 4 is 17.4 Å². The average Bonchev–Trinajstić information content (AvgIpc) is 2.36. The van der Waals surface area contributed by atoms with Gasteiger partial charge in [0.1, 0.15) is 0 Å². The number of hydrogen-bond donors (Lipinski definition) is 3. The van der Waals surface area contributed by atoms with Gasteiger partial charge < -0.3 is 21.8 Å². The summed E-state index contributed by atoms with van der Waals surface area (Å²) in [5.74, 6) is 0.140. The highest BCUT2D eigenvalue weighted by atomic mass is 16.1. The predicted molar refractivity (Wildman–Crippen MR) is 77.3 cm³/mol. The number of nitrogen functional groups attached to an aromatic ring is 1. The van der Waals surface area contributed by atoms with Crippen LogP contribution in [0.3, 0.4) is 0 Å². The van der Waals surface area contributed by atoms with Crippen LogP contribution in [-0.2, 0) is 11.3 Å². The second kappa shape index (κ2) is 6.44. The molecule has 0 spiro atoms. The van der Waals surface area contributed by atoms with E-state index in [-0.39, 0.29) is 5.91 Å². The number of rotatable bonds is 5. The molecule has 0 radical (unpaired) electrons. The normalized spacial score (nSPS) is 10.9. The van der Waals surface area contributed by atoms with Crippen molar-refractivity contribution in [1.82, 2.24) is 10.3 Å². The minimum absolute atomic E-state index is 0.250. The minimum atomic E-state index is -0.250. The number of anilines is 1. The lowest BCUT2D eigenvalue weighted by Gasteiger charge is -2.11. The Morgan fingerprint density at radius 1 is 1.53 bits per heavy atom. The molecule has 0 aliphatic heterocycles. The molecular formula is C13H19N5O. The van der Waals surface area contributed by atoms with Gasteiger partial charge in [-0.2, -0.15) is 5.10 Å². The molecule has 0 heterocycles. The number of amides is 1. The van der Waals surface area contributed by atoms with E-state index in [1.54, 1.807) is 37.3 Å². The van der Waals surface area contributed by atoms with E-state index >= 15 is 0 Å². The topological polar surface area (TPSA) is 96.7 Å². The van der Waals surface area contributed by atoms with E-state index in [1.807, 2.05) is 0 Å². The zero-order valence-electron chi connectivity index (χ0n) is 11.2. The molecule has 0 unspecified atom stereocenters. The van der Waals surface area contributed by atoms with Crippen LogP contribution < -0.4 is 16.8 Å². The number of amidine groups is 1. The standard InChI is InChI=1S/C13H19N5O/c1-4-12(19)16-8-10-7-9(5-6-11(10)14)13(15)17-18(2)3/h4-7H,1,8,14H2,2-3H3,(H2,15,17)(H,16,19). The summed E-state index contributed by atoms with van der Waals surface area (Å²) in [4.78, 5) is 11.1. The molecule has 0 aliphatic carbocycles. The minimum Gasteiger partial charge on any atom is -0.398 e. The number of nitrogens with two attached hydrogens (primary N) is 2. The van der Waals surface area contributed by atoms with Crippen molar-refractivity contribution in [1.29, 1.82) is 0 Å². The van der Waals surface area contributed by atoms with Crippen LogP contribution in [0.2, 0.25) is 0 Å². The fourth-order valence-electron chi connectivity index (χ4n) is 1.45. The molecule has 0 aliphatic rings. The van der Waals surface area contributed by atoms with Crippen LogP contribution in [0.5, 0.6) is 0 Å². The molecule has 0 saturated heterocycles. The maximum absolute atomic E-state index is 11.1. The lowest BCUT2D eigenvalue weighted by Crippen LogP contribution is -2.22. The molecule has 0 saturated carbocycles. The van der Waals surface area contributed by atoms with E-state index in [4.69, 9.17) is 11.5 Å². The van der Waals surface area contributed by atoms with Crippen LogP contribution in [0.4, 0.5) is 5.69 Å². The highest BCUT2D eigenvalue weighted by Crippen LogP contribution is 2.14. The zero-order chi connectivity index (χ0) is 14.4. The van der Waals surface area contributed by atoms with Crippen molar-refractivity contribution in [2.45, 2.75) is 6.54 Å². The Bertz CT molecular complexity index is 508. The Kier molecular flexibility index (Phi) is 4.93. The van der Waals surface area contributed by atoms with Gasteiger partial charge in [0.25, 0.3) is 0 Å². The number of benzene rings is 1. The highest BCUT2D eigenvalue weighted by molar-refractivity contribution is 5.97. The fourth-order valence-corrected chi connectivity index (χ4v) is 1.45. The molecule has 1 aromatic rings. The second-order valence-corrected chi connectivity index (χ2v) is 4.17. The molecule has 5 N–H and O–H groups in total. The van der Waals surface area contributed by atoms with Gasteiger partial charge >= 0.3 is 0 Å². The van der Waals surface area contributed by atoms with Gasteiger partial charge in [0, 0.05) is 31.9 Å². The molecule has 0 aromatic heterocycles. The summed E-state index contributed by atoms with van der Waals surface area (Å²) in [6, 6.07) is 5.33. The summed E-state index contributed by atoms with van der Waals surface area (Å²) in [7, 11) is 3.57. The molecule has 0 atom stereocenters. The SMILES string of the molecule is C=CC(=O)NCc1cc(/C(N)=N/N(C)C)ccc1N. The monoisotopic (exact) mass is 261 g/mol. The third-order valence-electron chi connectivity index (χ3n) is 2.38. The fraction of sp³-hybridized carbons (Fsp3) is 0.231. The number of nitrogens with zero attached hydrogens (tertiary/aromatic N) is 2. The molecule has 19 heavy (non-hydrogen) atoms. The van der Waals surface area contributed by atoms with Crippen molar-refractivity contribution < 1.29 is 4.79 Å². The smallest absolute Gasteiger partial charge is 0.243 e. The van der Waals surface area contributed by atoms with Crippen molar-refractivity contribution in [3.63, 3.8) is 0 Å². The maximum Gasteiger partial charge on any atom is 0.243 e. The van der Waals surface area contributed by atoms with Crippen LogP contribution in [0.15, 0.2) is 36.0 Å². The number of hydrazone groups is 1. The summed E-state index contributed by atoms with van der Waals surface area (Å²) in [6.45, 7) is 3.71. The molecule has 0 fully saturated rings. The molecular weight excluding hydrogens is 242 g/mol. The number of carbonyl (C=O) groups is 1. The molecule has 1 rings (SSSR count). The Balaban J connectivity index is 2.94. The first kappa shape index (κ1) is 14.6. The Hall–Kier alpha value is -2.50. The van der Waals surface area contributed by atoms with Crippen molar-refractivity contribution in [3.8, 4) is 0 Å². The Labute approximate surface area is 112 Å². The van der Waals surface area contributed by atoms with Gasteiger partial charge in [-0.25, -0.2) is 0 Å².